The standard InChI is InChI=1S/C14H17BrN2O2/c1-8(2)6-10-13(19-17-14(10)16)9-4-5-12(18-3)11(15)7-9/h4-5,7-8H,6H2,1-3H3,(H2,16,17). The Bertz CT molecular complexity index is 579. The zero-order valence-corrected chi connectivity index (χ0v) is 12.8. The highest BCUT2D eigenvalue weighted by molar-refractivity contribution is 9.10. The van der Waals surface area contributed by atoms with E-state index in [2.05, 4.69) is 34.9 Å². The highest BCUT2D eigenvalue weighted by Gasteiger charge is 2.17. The number of nitrogens with zero attached hydrogens (tertiary/aromatic N) is 1. The normalized spacial score (nSPS) is 11.0. The van der Waals surface area contributed by atoms with Crippen molar-refractivity contribution in [1.29, 1.82) is 0 Å². The fourth-order valence-electron chi connectivity index (χ4n) is 1.96. The van der Waals surface area contributed by atoms with E-state index in [9.17, 15) is 0 Å². The maximum atomic E-state index is 5.88. The number of nitrogen functional groups attached to an aromatic ring is 1. The predicted molar refractivity (Wildman–Crippen MR) is 79.1 cm³/mol. The van der Waals surface area contributed by atoms with Gasteiger partial charge in [0.15, 0.2) is 11.6 Å². The van der Waals surface area contributed by atoms with Gasteiger partial charge in [-0.05, 0) is 46.5 Å². The number of ether oxygens (including phenoxy) is 1. The first-order valence-electron chi connectivity index (χ1n) is 6.10. The van der Waals surface area contributed by atoms with Crippen LogP contribution in [-0.4, -0.2) is 12.3 Å². The van der Waals surface area contributed by atoms with Crippen molar-refractivity contribution in [3.63, 3.8) is 0 Å². The first kappa shape index (κ1) is 13.9. The minimum atomic E-state index is 0.468. The van der Waals surface area contributed by atoms with Crippen molar-refractivity contribution in [1.82, 2.24) is 5.16 Å². The number of hydrogen-bond acceptors (Lipinski definition) is 4. The van der Waals surface area contributed by atoms with Crippen molar-refractivity contribution in [2.75, 3.05) is 12.8 Å². The average Bonchev–Trinajstić information content (AvgIpc) is 2.70. The van der Waals surface area contributed by atoms with Crippen LogP contribution in [0, 0.1) is 5.92 Å². The third kappa shape index (κ3) is 2.92. The van der Waals surface area contributed by atoms with Gasteiger partial charge in [0.25, 0.3) is 0 Å². The molecular weight excluding hydrogens is 308 g/mol. The Morgan fingerprint density at radius 2 is 2.16 bits per heavy atom. The van der Waals surface area contributed by atoms with Gasteiger partial charge in [-0.15, -0.1) is 0 Å². The summed E-state index contributed by atoms with van der Waals surface area (Å²) in [5, 5.41) is 3.87. The molecule has 0 aliphatic heterocycles. The summed E-state index contributed by atoms with van der Waals surface area (Å²) >= 11 is 3.47. The molecule has 0 saturated carbocycles. The minimum absolute atomic E-state index is 0.468. The fraction of sp³-hybridized carbons (Fsp3) is 0.357. The van der Waals surface area contributed by atoms with Gasteiger partial charge in [-0.1, -0.05) is 19.0 Å². The average molecular weight is 325 g/mol. The second kappa shape index (κ2) is 5.65. The molecule has 0 aliphatic carbocycles. The molecule has 0 amide bonds. The van der Waals surface area contributed by atoms with Crippen molar-refractivity contribution in [2.45, 2.75) is 20.3 Å². The number of benzene rings is 1. The van der Waals surface area contributed by atoms with Gasteiger partial charge < -0.3 is 15.0 Å². The zero-order valence-electron chi connectivity index (χ0n) is 11.2. The van der Waals surface area contributed by atoms with Crippen LogP contribution in [0.5, 0.6) is 5.75 Å². The number of rotatable bonds is 4. The number of aromatic nitrogens is 1. The maximum Gasteiger partial charge on any atom is 0.172 e. The molecule has 0 bridgehead atoms. The van der Waals surface area contributed by atoms with Gasteiger partial charge >= 0.3 is 0 Å². The molecule has 0 fully saturated rings. The van der Waals surface area contributed by atoms with Crippen LogP contribution >= 0.6 is 15.9 Å². The van der Waals surface area contributed by atoms with Crippen molar-refractivity contribution >= 4 is 21.7 Å². The minimum Gasteiger partial charge on any atom is -0.496 e. The largest absolute Gasteiger partial charge is 0.496 e. The van der Waals surface area contributed by atoms with Crippen LogP contribution < -0.4 is 10.5 Å². The van der Waals surface area contributed by atoms with Crippen LogP contribution in [0.1, 0.15) is 19.4 Å². The Labute approximate surface area is 121 Å². The Hall–Kier alpha value is -1.49. The molecule has 1 aromatic carbocycles. The van der Waals surface area contributed by atoms with Crippen molar-refractivity contribution in [3.8, 4) is 17.1 Å². The Morgan fingerprint density at radius 3 is 2.74 bits per heavy atom. The van der Waals surface area contributed by atoms with Crippen LogP contribution in [0.4, 0.5) is 5.82 Å². The molecule has 2 N–H and O–H groups in total. The molecule has 0 atom stereocenters. The van der Waals surface area contributed by atoms with Crippen molar-refractivity contribution in [2.24, 2.45) is 5.92 Å². The molecule has 0 unspecified atom stereocenters. The van der Waals surface area contributed by atoms with E-state index in [0.29, 0.717) is 11.7 Å². The maximum absolute atomic E-state index is 5.88. The Morgan fingerprint density at radius 1 is 1.42 bits per heavy atom. The first-order chi connectivity index (χ1) is 9.02. The molecule has 2 aromatic rings. The summed E-state index contributed by atoms with van der Waals surface area (Å²) < 4.78 is 11.5. The zero-order chi connectivity index (χ0) is 14.0. The molecule has 102 valence electrons. The van der Waals surface area contributed by atoms with E-state index < -0.39 is 0 Å². The lowest BCUT2D eigenvalue weighted by atomic mass is 10.00. The van der Waals surface area contributed by atoms with Gasteiger partial charge in [-0.25, -0.2) is 0 Å². The molecule has 1 heterocycles. The van der Waals surface area contributed by atoms with E-state index in [1.807, 2.05) is 18.2 Å². The predicted octanol–water partition coefficient (Wildman–Crippen LogP) is 3.89. The van der Waals surface area contributed by atoms with E-state index in [1.165, 1.54) is 0 Å². The number of nitrogens with two attached hydrogens (primary N) is 1. The van der Waals surface area contributed by atoms with Gasteiger partial charge in [0.05, 0.1) is 11.6 Å². The highest BCUT2D eigenvalue weighted by Crippen LogP contribution is 2.34. The lowest BCUT2D eigenvalue weighted by Gasteiger charge is -2.07. The molecule has 0 spiro atoms. The molecule has 0 aliphatic rings. The molecule has 4 nitrogen and oxygen atoms in total. The van der Waals surface area contributed by atoms with E-state index in [1.54, 1.807) is 7.11 Å². The summed E-state index contributed by atoms with van der Waals surface area (Å²) in [5.41, 5.74) is 7.78. The quantitative estimate of drug-likeness (QED) is 0.926. The molecule has 0 radical (unpaired) electrons. The highest BCUT2D eigenvalue weighted by atomic mass is 79.9. The molecule has 0 saturated heterocycles. The van der Waals surface area contributed by atoms with Crippen molar-refractivity contribution in [3.05, 3.63) is 28.2 Å². The lowest BCUT2D eigenvalue weighted by Crippen LogP contribution is -1.99. The summed E-state index contributed by atoms with van der Waals surface area (Å²) in [6.07, 6.45) is 0.842. The second-order valence-electron chi connectivity index (χ2n) is 4.82. The smallest absolute Gasteiger partial charge is 0.172 e. The molecule has 1 aromatic heterocycles. The van der Waals surface area contributed by atoms with Gasteiger partial charge in [-0.2, -0.15) is 0 Å². The topological polar surface area (TPSA) is 61.3 Å². The van der Waals surface area contributed by atoms with Crippen LogP contribution in [0.2, 0.25) is 0 Å². The number of halogens is 1. The lowest BCUT2D eigenvalue weighted by molar-refractivity contribution is 0.412. The number of hydrogen-bond donors (Lipinski definition) is 1. The molecule has 19 heavy (non-hydrogen) atoms. The summed E-state index contributed by atoms with van der Waals surface area (Å²) in [5.74, 6) is 2.47. The van der Waals surface area contributed by atoms with Gasteiger partial charge in [0.1, 0.15) is 5.75 Å². The van der Waals surface area contributed by atoms with Crippen LogP contribution in [0.3, 0.4) is 0 Å². The third-order valence-corrected chi connectivity index (χ3v) is 3.46. The summed E-state index contributed by atoms with van der Waals surface area (Å²) in [6, 6.07) is 5.77. The van der Waals surface area contributed by atoms with E-state index in [4.69, 9.17) is 15.0 Å². The molecule has 5 heteroatoms. The summed E-state index contributed by atoms with van der Waals surface area (Å²) in [4.78, 5) is 0. The van der Waals surface area contributed by atoms with Crippen LogP contribution in [-0.2, 0) is 6.42 Å². The van der Waals surface area contributed by atoms with Gasteiger partial charge in [0, 0.05) is 11.1 Å². The van der Waals surface area contributed by atoms with E-state index >= 15 is 0 Å². The first-order valence-corrected chi connectivity index (χ1v) is 6.90. The van der Waals surface area contributed by atoms with Gasteiger partial charge in [-0.3, -0.25) is 0 Å². The molecule has 2 rings (SSSR count). The third-order valence-electron chi connectivity index (χ3n) is 2.84. The molecular formula is C14H17BrN2O2. The number of methoxy groups -OCH3 is 1. The van der Waals surface area contributed by atoms with E-state index in [-0.39, 0.29) is 0 Å². The van der Waals surface area contributed by atoms with Gasteiger partial charge in [0.2, 0.25) is 0 Å². The van der Waals surface area contributed by atoms with Crippen LogP contribution in [0.25, 0.3) is 11.3 Å². The Kier molecular flexibility index (Phi) is 4.14. The van der Waals surface area contributed by atoms with E-state index in [0.717, 1.165) is 33.5 Å². The monoisotopic (exact) mass is 324 g/mol. The second-order valence-corrected chi connectivity index (χ2v) is 5.68. The van der Waals surface area contributed by atoms with Crippen LogP contribution in [0.15, 0.2) is 27.2 Å². The summed E-state index contributed by atoms with van der Waals surface area (Å²) in [6.45, 7) is 4.28. The fourth-order valence-corrected chi connectivity index (χ4v) is 2.50. The SMILES string of the molecule is COc1ccc(-c2onc(N)c2CC(C)C)cc1Br. The number of anilines is 1. The Balaban J connectivity index is 2.44. The van der Waals surface area contributed by atoms with Crippen molar-refractivity contribution < 1.29 is 9.26 Å². The summed E-state index contributed by atoms with van der Waals surface area (Å²) in [7, 11) is 1.64.